The zero-order chi connectivity index (χ0) is 17.5. The third-order valence-corrected chi connectivity index (χ3v) is 5.05. The van der Waals surface area contributed by atoms with E-state index in [4.69, 9.17) is 0 Å². The fraction of sp³-hybridized carbons (Fsp3) is 0.368. The molecular weight excluding hydrogens is 457 g/mol. The third kappa shape index (κ3) is 5.98. The number of nitrogens with zero attached hydrogens (tertiary/aromatic N) is 3. The third-order valence-electron chi connectivity index (χ3n) is 4.08. The monoisotopic (exact) mass is 483 g/mol. The van der Waals surface area contributed by atoms with Gasteiger partial charge in [-0.3, -0.25) is 4.99 Å². The molecule has 0 bridgehead atoms. The highest BCUT2D eigenvalue weighted by Gasteiger charge is 2.08. The second-order valence-electron chi connectivity index (χ2n) is 6.01. The molecule has 5 nitrogen and oxygen atoms in total. The van der Waals surface area contributed by atoms with Crippen LogP contribution in [0.2, 0.25) is 0 Å². The number of benzene rings is 1. The van der Waals surface area contributed by atoms with Crippen molar-refractivity contribution in [1.29, 1.82) is 0 Å². The number of aliphatic imine (C=N–C) groups is 1. The molecule has 1 aromatic carbocycles. The summed E-state index contributed by atoms with van der Waals surface area (Å²) in [6.45, 7) is 5.66. The van der Waals surface area contributed by atoms with Gasteiger partial charge in [0, 0.05) is 56.4 Å². The molecule has 0 saturated carbocycles. The summed E-state index contributed by atoms with van der Waals surface area (Å²) in [6.07, 6.45) is 7.26. The van der Waals surface area contributed by atoms with Crippen LogP contribution in [-0.2, 0) is 13.0 Å². The molecule has 0 atom stereocenters. The molecule has 2 heterocycles. The van der Waals surface area contributed by atoms with Crippen LogP contribution in [0.4, 0.5) is 5.69 Å². The summed E-state index contributed by atoms with van der Waals surface area (Å²) in [5.41, 5.74) is 2.52. The van der Waals surface area contributed by atoms with Gasteiger partial charge in [-0.25, -0.2) is 4.98 Å². The Morgan fingerprint density at radius 3 is 2.77 bits per heavy atom. The van der Waals surface area contributed by atoms with Crippen molar-refractivity contribution in [2.24, 2.45) is 4.99 Å². The van der Waals surface area contributed by atoms with Crippen LogP contribution in [0, 0.1) is 6.92 Å². The molecule has 0 spiro atoms. The van der Waals surface area contributed by atoms with Gasteiger partial charge in [-0.15, -0.1) is 35.3 Å². The van der Waals surface area contributed by atoms with Crippen LogP contribution in [-0.4, -0.2) is 37.6 Å². The highest BCUT2D eigenvalue weighted by Crippen LogP contribution is 2.18. The molecule has 140 valence electrons. The number of hydrogen-bond acceptors (Lipinski definition) is 4. The molecule has 0 radical (unpaired) electrons. The zero-order valence-corrected chi connectivity index (χ0v) is 18.4. The number of halogens is 1. The molecule has 1 aliphatic rings. The van der Waals surface area contributed by atoms with E-state index in [0.29, 0.717) is 0 Å². The molecule has 0 saturated heterocycles. The molecular formula is C19H26IN5S. The fourth-order valence-corrected chi connectivity index (χ4v) is 3.55. The second-order valence-corrected chi connectivity index (χ2v) is 7.33. The van der Waals surface area contributed by atoms with E-state index in [9.17, 15) is 0 Å². The molecule has 0 fully saturated rings. The number of anilines is 1. The van der Waals surface area contributed by atoms with Crippen molar-refractivity contribution >= 4 is 47.0 Å². The Morgan fingerprint density at radius 2 is 2.08 bits per heavy atom. The van der Waals surface area contributed by atoms with Crippen LogP contribution in [0.3, 0.4) is 0 Å². The maximum Gasteiger partial charge on any atom is 0.191 e. The van der Waals surface area contributed by atoms with Gasteiger partial charge >= 0.3 is 0 Å². The maximum absolute atomic E-state index is 4.39. The standard InChI is InChI=1S/C19H25N5S.HI/c1-15-13-22-18(25-15)8-9-21-19(20-2)23-14-16-6-5-7-17(12-16)24-10-3-4-11-24;/h3-7,12-13H,8-11,14H2,1-2H3,(H2,20,21,23);1H. The Labute approximate surface area is 176 Å². The summed E-state index contributed by atoms with van der Waals surface area (Å²) in [4.78, 5) is 12.3. The van der Waals surface area contributed by atoms with Crippen molar-refractivity contribution in [3.05, 3.63) is 58.1 Å². The first kappa shape index (κ1) is 20.7. The van der Waals surface area contributed by atoms with Crippen LogP contribution in [0.1, 0.15) is 15.4 Å². The molecule has 1 aliphatic heterocycles. The van der Waals surface area contributed by atoms with Gasteiger partial charge in [0.05, 0.1) is 5.01 Å². The normalized spacial score (nSPS) is 13.6. The average molecular weight is 483 g/mol. The second kappa shape index (κ2) is 10.5. The molecule has 7 heteroatoms. The van der Waals surface area contributed by atoms with Crippen LogP contribution < -0.4 is 15.5 Å². The Kier molecular flexibility index (Phi) is 8.37. The van der Waals surface area contributed by atoms with Crippen LogP contribution in [0.5, 0.6) is 0 Å². The first-order valence-electron chi connectivity index (χ1n) is 8.59. The molecule has 0 unspecified atom stereocenters. The number of hydrogen-bond donors (Lipinski definition) is 2. The van der Waals surface area contributed by atoms with Crippen LogP contribution in [0.15, 0.2) is 47.6 Å². The molecule has 0 aliphatic carbocycles. The minimum Gasteiger partial charge on any atom is -0.364 e. The number of aromatic nitrogens is 1. The summed E-state index contributed by atoms with van der Waals surface area (Å²) in [6, 6.07) is 8.67. The minimum absolute atomic E-state index is 0. The maximum atomic E-state index is 4.39. The molecule has 2 N–H and O–H groups in total. The Balaban J connectivity index is 0.00000243. The van der Waals surface area contributed by atoms with Gasteiger partial charge in [0.25, 0.3) is 0 Å². The molecule has 3 rings (SSSR count). The van der Waals surface area contributed by atoms with Gasteiger partial charge in [0.2, 0.25) is 0 Å². The van der Waals surface area contributed by atoms with Gasteiger partial charge in [-0.05, 0) is 24.6 Å². The number of rotatable bonds is 6. The Hall–Kier alpha value is -1.61. The zero-order valence-electron chi connectivity index (χ0n) is 15.2. The van der Waals surface area contributed by atoms with E-state index in [1.165, 1.54) is 16.1 Å². The molecule has 2 aromatic rings. The number of nitrogens with one attached hydrogen (secondary N) is 2. The van der Waals surface area contributed by atoms with E-state index in [0.717, 1.165) is 43.6 Å². The van der Waals surface area contributed by atoms with Gasteiger partial charge in [-0.2, -0.15) is 0 Å². The lowest BCUT2D eigenvalue weighted by atomic mass is 10.2. The summed E-state index contributed by atoms with van der Waals surface area (Å²) < 4.78 is 0. The number of thiazole rings is 1. The van der Waals surface area contributed by atoms with Gasteiger partial charge < -0.3 is 15.5 Å². The number of guanidine groups is 1. The van der Waals surface area contributed by atoms with Crippen molar-refractivity contribution in [3.63, 3.8) is 0 Å². The Bertz CT molecular complexity index is 748. The van der Waals surface area contributed by atoms with E-state index < -0.39 is 0 Å². The summed E-state index contributed by atoms with van der Waals surface area (Å²) in [5.74, 6) is 0.821. The topological polar surface area (TPSA) is 52.6 Å². The lowest BCUT2D eigenvalue weighted by molar-refractivity contribution is 0.791. The van der Waals surface area contributed by atoms with E-state index in [2.05, 4.69) is 68.9 Å². The van der Waals surface area contributed by atoms with Gasteiger partial charge in [0.15, 0.2) is 5.96 Å². The van der Waals surface area contributed by atoms with Crippen LogP contribution >= 0.6 is 35.3 Å². The van der Waals surface area contributed by atoms with Crippen molar-refractivity contribution < 1.29 is 0 Å². The van der Waals surface area contributed by atoms with E-state index >= 15 is 0 Å². The highest BCUT2D eigenvalue weighted by molar-refractivity contribution is 14.0. The fourth-order valence-electron chi connectivity index (χ4n) is 2.76. The van der Waals surface area contributed by atoms with E-state index in [1.807, 2.05) is 6.20 Å². The average Bonchev–Trinajstić information content (AvgIpc) is 3.30. The SMILES string of the molecule is CN=C(NCCc1ncc(C)s1)NCc1cccc(N2CC=CC2)c1.I. The highest BCUT2D eigenvalue weighted by atomic mass is 127. The van der Waals surface area contributed by atoms with Gasteiger partial charge in [0.1, 0.15) is 0 Å². The summed E-state index contributed by atoms with van der Waals surface area (Å²) in [5, 5.41) is 7.89. The molecule has 1 aromatic heterocycles. The van der Waals surface area contributed by atoms with Gasteiger partial charge in [-0.1, -0.05) is 24.3 Å². The lowest BCUT2D eigenvalue weighted by Crippen LogP contribution is -2.37. The largest absolute Gasteiger partial charge is 0.364 e. The predicted molar refractivity (Wildman–Crippen MR) is 122 cm³/mol. The number of aryl methyl sites for hydroxylation is 1. The molecule has 0 amide bonds. The van der Waals surface area contributed by atoms with Crippen molar-refractivity contribution in [3.8, 4) is 0 Å². The summed E-state index contributed by atoms with van der Waals surface area (Å²) >= 11 is 1.75. The Morgan fingerprint density at radius 1 is 1.27 bits per heavy atom. The first-order chi connectivity index (χ1) is 12.2. The smallest absolute Gasteiger partial charge is 0.191 e. The summed E-state index contributed by atoms with van der Waals surface area (Å²) in [7, 11) is 1.80. The van der Waals surface area contributed by atoms with Crippen molar-refractivity contribution in [1.82, 2.24) is 15.6 Å². The molecule has 26 heavy (non-hydrogen) atoms. The lowest BCUT2D eigenvalue weighted by Gasteiger charge is -2.19. The minimum atomic E-state index is 0. The quantitative estimate of drug-likeness (QED) is 0.287. The first-order valence-corrected chi connectivity index (χ1v) is 9.41. The van der Waals surface area contributed by atoms with E-state index in [1.54, 1.807) is 18.4 Å². The van der Waals surface area contributed by atoms with Crippen molar-refractivity contribution in [2.45, 2.75) is 19.9 Å². The van der Waals surface area contributed by atoms with Crippen molar-refractivity contribution in [2.75, 3.05) is 31.6 Å². The van der Waals surface area contributed by atoms with E-state index in [-0.39, 0.29) is 24.0 Å². The predicted octanol–water partition coefficient (Wildman–Crippen LogP) is 3.35. The van der Waals surface area contributed by atoms with Crippen LogP contribution in [0.25, 0.3) is 0 Å².